The SMILES string of the molecule is CC(=O)NCCc1nc2ccccc2n1CCCCOc1cc(C)ccc1C. The molecule has 0 spiro atoms. The second-order valence-corrected chi connectivity index (χ2v) is 7.23. The Balaban J connectivity index is 1.58. The Morgan fingerprint density at radius 1 is 1.14 bits per heavy atom. The predicted molar refractivity (Wildman–Crippen MR) is 113 cm³/mol. The van der Waals surface area contributed by atoms with Gasteiger partial charge in [0.15, 0.2) is 0 Å². The van der Waals surface area contributed by atoms with Crippen LogP contribution in [0, 0.1) is 13.8 Å². The van der Waals surface area contributed by atoms with E-state index >= 15 is 0 Å². The first kappa shape index (κ1) is 19.9. The second kappa shape index (κ2) is 9.40. The molecule has 0 aliphatic carbocycles. The van der Waals surface area contributed by atoms with Crippen molar-refractivity contribution >= 4 is 16.9 Å². The maximum absolute atomic E-state index is 11.1. The van der Waals surface area contributed by atoms with Gasteiger partial charge in [0, 0.05) is 26.4 Å². The summed E-state index contributed by atoms with van der Waals surface area (Å²) in [6, 6.07) is 14.5. The van der Waals surface area contributed by atoms with Gasteiger partial charge in [0.1, 0.15) is 11.6 Å². The molecule has 1 N–H and O–H groups in total. The largest absolute Gasteiger partial charge is 0.493 e. The summed E-state index contributed by atoms with van der Waals surface area (Å²) in [5.41, 5.74) is 4.54. The summed E-state index contributed by atoms with van der Waals surface area (Å²) in [4.78, 5) is 15.9. The highest BCUT2D eigenvalue weighted by molar-refractivity contribution is 5.76. The number of benzene rings is 2. The summed E-state index contributed by atoms with van der Waals surface area (Å²) in [5.74, 6) is 1.99. The van der Waals surface area contributed by atoms with E-state index in [1.165, 1.54) is 11.1 Å². The molecule has 1 amide bonds. The van der Waals surface area contributed by atoms with Gasteiger partial charge in [-0.05, 0) is 56.0 Å². The lowest BCUT2D eigenvalue weighted by molar-refractivity contribution is -0.118. The summed E-state index contributed by atoms with van der Waals surface area (Å²) in [5, 5.41) is 2.86. The van der Waals surface area contributed by atoms with Crippen molar-refractivity contribution in [2.24, 2.45) is 0 Å². The van der Waals surface area contributed by atoms with E-state index in [4.69, 9.17) is 9.72 Å². The molecule has 0 aliphatic rings. The standard InChI is InChI=1S/C23H29N3O2/c1-17-10-11-18(2)22(16-17)28-15-7-6-14-26-21-9-5-4-8-20(21)25-23(26)12-13-24-19(3)27/h4-5,8-11,16H,6-7,12-15H2,1-3H3,(H,24,27). The number of rotatable bonds is 9. The summed E-state index contributed by atoms with van der Waals surface area (Å²) in [7, 11) is 0. The molecule has 2 aromatic carbocycles. The van der Waals surface area contributed by atoms with Gasteiger partial charge >= 0.3 is 0 Å². The lowest BCUT2D eigenvalue weighted by Crippen LogP contribution is -2.23. The predicted octanol–water partition coefficient (Wildman–Crippen LogP) is 4.19. The maximum atomic E-state index is 11.1. The van der Waals surface area contributed by atoms with Crippen LogP contribution in [-0.4, -0.2) is 28.6 Å². The van der Waals surface area contributed by atoms with Crippen LogP contribution in [0.5, 0.6) is 5.75 Å². The Bertz CT molecular complexity index is 946. The van der Waals surface area contributed by atoms with Gasteiger partial charge < -0.3 is 14.6 Å². The number of aromatic nitrogens is 2. The Hall–Kier alpha value is -2.82. The zero-order chi connectivity index (χ0) is 19.9. The van der Waals surface area contributed by atoms with Gasteiger partial charge in [0.05, 0.1) is 17.6 Å². The minimum atomic E-state index is -0.00810. The van der Waals surface area contributed by atoms with Crippen molar-refractivity contribution in [3.63, 3.8) is 0 Å². The average molecular weight is 380 g/mol. The summed E-state index contributed by atoms with van der Waals surface area (Å²) < 4.78 is 8.25. The van der Waals surface area contributed by atoms with Gasteiger partial charge in [-0.2, -0.15) is 0 Å². The minimum Gasteiger partial charge on any atom is -0.493 e. The monoisotopic (exact) mass is 379 g/mol. The van der Waals surface area contributed by atoms with Gasteiger partial charge in [-0.1, -0.05) is 24.3 Å². The molecule has 148 valence electrons. The Morgan fingerprint density at radius 2 is 1.96 bits per heavy atom. The van der Waals surface area contributed by atoms with Crippen molar-refractivity contribution < 1.29 is 9.53 Å². The molecule has 0 saturated carbocycles. The van der Waals surface area contributed by atoms with Crippen molar-refractivity contribution in [1.82, 2.24) is 14.9 Å². The van der Waals surface area contributed by atoms with E-state index in [1.54, 1.807) is 6.92 Å². The number of imidazole rings is 1. The fourth-order valence-corrected chi connectivity index (χ4v) is 3.33. The van der Waals surface area contributed by atoms with Crippen LogP contribution in [0.2, 0.25) is 0 Å². The molecule has 0 aliphatic heterocycles. The third kappa shape index (κ3) is 5.12. The Labute approximate surface area is 166 Å². The number of amides is 1. The molecule has 0 unspecified atom stereocenters. The topological polar surface area (TPSA) is 56.2 Å². The number of aryl methyl sites for hydroxylation is 3. The third-order valence-corrected chi connectivity index (χ3v) is 4.83. The molecule has 3 rings (SSSR count). The fraction of sp³-hybridized carbons (Fsp3) is 0.391. The number of fused-ring (bicyclic) bond motifs is 1. The molecule has 0 saturated heterocycles. The van der Waals surface area contributed by atoms with Gasteiger partial charge in [-0.15, -0.1) is 0 Å². The van der Waals surface area contributed by atoms with Crippen LogP contribution >= 0.6 is 0 Å². The van der Waals surface area contributed by atoms with Crippen LogP contribution in [-0.2, 0) is 17.8 Å². The number of unbranched alkanes of at least 4 members (excludes halogenated alkanes) is 1. The molecule has 1 heterocycles. The van der Waals surface area contributed by atoms with Crippen molar-refractivity contribution in [2.75, 3.05) is 13.2 Å². The first-order chi connectivity index (χ1) is 13.5. The first-order valence-corrected chi connectivity index (χ1v) is 9.93. The molecule has 28 heavy (non-hydrogen) atoms. The molecule has 0 atom stereocenters. The van der Waals surface area contributed by atoms with E-state index in [9.17, 15) is 4.79 Å². The third-order valence-electron chi connectivity index (χ3n) is 4.83. The van der Waals surface area contributed by atoms with Gasteiger partial charge in [-0.3, -0.25) is 4.79 Å². The van der Waals surface area contributed by atoms with Crippen LogP contribution in [0.15, 0.2) is 42.5 Å². The number of nitrogens with zero attached hydrogens (tertiary/aromatic N) is 2. The Morgan fingerprint density at radius 3 is 2.79 bits per heavy atom. The smallest absolute Gasteiger partial charge is 0.216 e. The van der Waals surface area contributed by atoms with Crippen LogP contribution in [0.3, 0.4) is 0 Å². The molecule has 3 aromatic rings. The highest BCUT2D eigenvalue weighted by Crippen LogP contribution is 2.20. The zero-order valence-electron chi connectivity index (χ0n) is 17.0. The van der Waals surface area contributed by atoms with Crippen LogP contribution in [0.25, 0.3) is 11.0 Å². The number of hydrogen-bond acceptors (Lipinski definition) is 3. The molecule has 5 heteroatoms. The summed E-state index contributed by atoms with van der Waals surface area (Å²) in [6.45, 7) is 7.91. The van der Waals surface area contributed by atoms with E-state index in [0.29, 0.717) is 13.2 Å². The van der Waals surface area contributed by atoms with Crippen molar-refractivity contribution in [1.29, 1.82) is 0 Å². The Kier molecular flexibility index (Phi) is 6.69. The van der Waals surface area contributed by atoms with Gasteiger partial charge in [0.2, 0.25) is 5.91 Å². The van der Waals surface area contributed by atoms with E-state index in [2.05, 4.69) is 48.0 Å². The molecule has 0 bridgehead atoms. The first-order valence-electron chi connectivity index (χ1n) is 9.93. The lowest BCUT2D eigenvalue weighted by atomic mass is 10.1. The molecular formula is C23H29N3O2. The van der Waals surface area contributed by atoms with E-state index in [0.717, 1.165) is 48.4 Å². The summed E-state index contributed by atoms with van der Waals surface area (Å²) in [6.07, 6.45) is 2.72. The normalized spacial score (nSPS) is 11.0. The van der Waals surface area contributed by atoms with E-state index in [-0.39, 0.29) is 5.91 Å². The van der Waals surface area contributed by atoms with E-state index in [1.807, 2.05) is 18.2 Å². The van der Waals surface area contributed by atoms with Crippen LogP contribution < -0.4 is 10.1 Å². The van der Waals surface area contributed by atoms with Crippen LogP contribution in [0.4, 0.5) is 0 Å². The number of hydrogen-bond donors (Lipinski definition) is 1. The van der Waals surface area contributed by atoms with E-state index < -0.39 is 0 Å². The van der Waals surface area contributed by atoms with Gasteiger partial charge in [-0.25, -0.2) is 4.98 Å². The molecular weight excluding hydrogens is 350 g/mol. The lowest BCUT2D eigenvalue weighted by Gasteiger charge is -2.12. The van der Waals surface area contributed by atoms with Crippen LogP contribution in [0.1, 0.15) is 36.7 Å². The number of carbonyl (C=O) groups excluding carboxylic acids is 1. The second-order valence-electron chi connectivity index (χ2n) is 7.23. The van der Waals surface area contributed by atoms with Crippen molar-refractivity contribution in [2.45, 2.75) is 46.6 Å². The fourth-order valence-electron chi connectivity index (χ4n) is 3.33. The van der Waals surface area contributed by atoms with Gasteiger partial charge in [0.25, 0.3) is 0 Å². The summed E-state index contributed by atoms with van der Waals surface area (Å²) >= 11 is 0. The molecule has 1 aromatic heterocycles. The molecule has 0 radical (unpaired) electrons. The number of para-hydroxylation sites is 2. The number of ether oxygens (including phenoxy) is 1. The minimum absolute atomic E-state index is 0.00810. The molecule has 5 nitrogen and oxygen atoms in total. The maximum Gasteiger partial charge on any atom is 0.216 e. The zero-order valence-corrected chi connectivity index (χ0v) is 17.0. The number of nitrogens with one attached hydrogen (secondary N) is 1. The number of carbonyl (C=O) groups is 1. The highest BCUT2D eigenvalue weighted by Gasteiger charge is 2.10. The highest BCUT2D eigenvalue weighted by atomic mass is 16.5. The quantitative estimate of drug-likeness (QED) is 0.567. The van der Waals surface area contributed by atoms with Crippen molar-refractivity contribution in [3.05, 3.63) is 59.4 Å². The van der Waals surface area contributed by atoms with Crippen molar-refractivity contribution in [3.8, 4) is 5.75 Å². The average Bonchev–Trinajstić information content (AvgIpc) is 3.01. The molecule has 0 fully saturated rings.